The maximum atomic E-state index is 12.2. The second kappa shape index (κ2) is 5.59. The molecule has 0 spiro atoms. The van der Waals surface area contributed by atoms with Gasteiger partial charge >= 0.3 is 0 Å². The van der Waals surface area contributed by atoms with Crippen LogP contribution >= 0.6 is 0 Å². The Hall–Kier alpha value is -1.58. The molecule has 0 aromatic heterocycles. The monoisotopic (exact) mass is 262 g/mol. The lowest BCUT2D eigenvalue weighted by Crippen LogP contribution is -2.49. The molecular weight excluding hydrogens is 240 g/mol. The molecule has 0 unspecified atom stereocenters. The minimum absolute atomic E-state index is 0.0336. The highest BCUT2D eigenvalue weighted by molar-refractivity contribution is 5.87. The molecule has 0 atom stereocenters. The summed E-state index contributed by atoms with van der Waals surface area (Å²) < 4.78 is 0. The zero-order valence-corrected chi connectivity index (χ0v) is 11.5. The Morgan fingerprint density at radius 1 is 1.32 bits per heavy atom. The summed E-state index contributed by atoms with van der Waals surface area (Å²) in [6, 6.07) is 0. The molecule has 4 heteroatoms. The second-order valence-electron chi connectivity index (χ2n) is 5.73. The van der Waals surface area contributed by atoms with Crippen LogP contribution in [0.2, 0.25) is 0 Å². The number of nitrogens with zero attached hydrogens (tertiary/aromatic N) is 1. The van der Waals surface area contributed by atoms with Crippen molar-refractivity contribution in [2.75, 3.05) is 13.1 Å². The van der Waals surface area contributed by atoms with Gasteiger partial charge in [-0.25, -0.2) is 0 Å². The zero-order chi connectivity index (χ0) is 13.9. The number of rotatable bonds is 3. The molecule has 0 bridgehead atoms. The first-order valence-electron chi connectivity index (χ1n) is 6.92. The lowest BCUT2D eigenvalue weighted by Gasteiger charge is -2.33. The number of hydrogen-bond acceptors (Lipinski definition) is 2. The van der Waals surface area contributed by atoms with E-state index in [0.29, 0.717) is 13.1 Å². The quantitative estimate of drug-likeness (QED) is 0.621. The highest BCUT2D eigenvalue weighted by Gasteiger charge is 2.32. The molecule has 0 aromatic carbocycles. The number of likely N-dealkylation sites (tertiary alicyclic amines) is 1. The van der Waals surface area contributed by atoms with Crippen molar-refractivity contribution >= 4 is 11.8 Å². The van der Waals surface area contributed by atoms with Crippen molar-refractivity contribution in [1.29, 1.82) is 0 Å². The van der Waals surface area contributed by atoms with Gasteiger partial charge < -0.3 is 10.2 Å². The first kappa shape index (κ1) is 13.8. The van der Waals surface area contributed by atoms with Crippen LogP contribution in [0.25, 0.3) is 0 Å². The number of carbonyl (C=O) groups is 2. The van der Waals surface area contributed by atoms with Crippen LogP contribution in [0.15, 0.2) is 24.8 Å². The lowest BCUT2D eigenvalue weighted by atomic mass is 9.92. The van der Waals surface area contributed by atoms with E-state index in [9.17, 15) is 9.59 Å². The number of nitrogens with one attached hydrogen (secondary N) is 1. The summed E-state index contributed by atoms with van der Waals surface area (Å²) in [7, 11) is 0. The van der Waals surface area contributed by atoms with Crippen molar-refractivity contribution in [3.8, 4) is 0 Å². The predicted octanol–water partition coefficient (Wildman–Crippen LogP) is 1.64. The molecule has 0 aromatic rings. The van der Waals surface area contributed by atoms with E-state index in [1.54, 1.807) is 4.90 Å². The largest absolute Gasteiger partial charge is 0.350 e. The summed E-state index contributed by atoms with van der Waals surface area (Å²) >= 11 is 0. The van der Waals surface area contributed by atoms with Crippen LogP contribution in [0.3, 0.4) is 0 Å². The lowest BCUT2D eigenvalue weighted by molar-refractivity contribution is -0.133. The molecular formula is C15H22N2O2. The van der Waals surface area contributed by atoms with E-state index in [1.165, 1.54) is 6.08 Å². The summed E-state index contributed by atoms with van der Waals surface area (Å²) in [5.41, 5.74) is -0.106. The minimum Gasteiger partial charge on any atom is -0.350 e. The molecule has 1 aliphatic carbocycles. The summed E-state index contributed by atoms with van der Waals surface area (Å²) in [6.07, 6.45) is 8.88. The van der Waals surface area contributed by atoms with Gasteiger partial charge in [-0.1, -0.05) is 18.7 Å². The fourth-order valence-corrected chi connectivity index (χ4v) is 2.76. The van der Waals surface area contributed by atoms with Crippen LogP contribution in [0, 0.1) is 5.92 Å². The summed E-state index contributed by atoms with van der Waals surface area (Å²) in [5.74, 6) is 0.133. The Morgan fingerprint density at radius 2 is 1.89 bits per heavy atom. The van der Waals surface area contributed by atoms with Gasteiger partial charge in [0.2, 0.25) is 11.8 Å². The van der Waals surface area contributed by atoms with Gasteiger partial charge in [-0.3, -0.25) is 9.59 Å². The van der Waals surface area contributed by atoms with Crippen LogP contribution in [0.5, 0.6) is 0 Å². The van der Waals surface area contributed by atoms with E-state index in [2.05, 4.69) is 31.0 Å². The molecule has 2 aliphatic rings. The molecule has 2 amide bonds. The number of amides is 2. The van der Waals surface area contributed by atoms with E-state index in [-0.39, 0.29) is 23.3 Å². The molecule has 4 nitrogen and oxygen atoms in total. The van der Waals surface area contributed by atoms with Crippen LogP contribution in [-0.2, 0) is 9.59 Å². The van der Waals surface area contributed by atoms with Crippen molar-refractivity contribution in [3.05, 3.63) is 24.8 Å². The van der Waals surface area contributed by atoms with E-state index >= 15 is 0 Å². The van der Waals surface area contributed by atoms with Crippen LogP contribution in [-0.4, -0.2) is 35.3 Å². The normalized spacial score (nSPS) is 22.3. The van der Waals surface area contributed by atoms with Crippen LogP contribution in [0.4, 0.5) is 0 Å². The third-order valence-electron chi connectivity index (χ3n) is 4.08. The van der Waals surface area contributed by atoms with Gasteiger partial charge in [0.05, 0.1) is 0 Å². The Bertz CT molecular complexity index is 398. The summed E-state index contributed by atoms with van der Waals surface area (Å²) in [4.78, 5) is 25.5. The molecule has 19 heavy (non-hydrogen) atoms. The van der Waals surface area contributed by atoms with E-state index in [0.717, 1.165) is 25.7 Å². The molecule has 2 rings (SSSR count). The van der Waals surface area contributed by atoms with Gasteiger partial charge in [0.25, 0.3) is 0 Å². The maximum Gasteiger partial charge on any atom is 0.245 e. The molecule has 1 N–H and O–H groups in total. The molecule has 104 valence electrons. The third-order valence-corrected chi connectivity index (χ3v) is 4.08. The van der Waals surface area contributed by atoms with Gasteiger partial charge in [0, 0.05) is 24.5 Å². The number of piperidine rings is 1. The van der Waals surface area contributed by atoms with E-state index in [1.807, 2.05) is 0 Å². The molecule has 0 radical (unpaired) electrons. The highest BCUT2D eigenvalue weighted by Crippen LogP contribution is 2.25. The Labute approximate surface area is 114 Å². The SMILES string of the molecule is C=CC(=O)N1CCC(C(=O)NC2(C)CC=CC2)CC1. The summed E-state index contributed by atoms with van der Waals surface area (Å²) in [6.45, 7) is 6.88. The highest BCUT2D eigenvalue weighted by atomic mass is 16.2. The van der Waals surface area contributed by atoms with Crippen molar-refractivity contribution < 1.29 is 9.59 Å². The fraction of sp³-hybridized carbons (Fsp3) is 0.600. The average molecular weight is 262 g/mol. The molecule has 1 fully saturated rings. The number of carbonyl (C=O) groups excluding carboxylic acids is 2. The molecule has 1 heterocycles. The fourth-order valence-electron chi connectivity index (χ4n) is 2.76. The van der Waals surface area contributed by atoms with E-state index in [4.69, 9.17) is 0 Å². The van der Waals surface area contributed by atoms with Crippen molar-refractivity contribution in [2.24, 2.45) is 5.92 Å². The topological polar surface area (TPSA) is 49.4 Å². The number of hydrogen-bond donors (Lipinski definition) is 1. The minimum atomic E-state index is -0.106. The molecule has 1 saturated heterocycles. The first-order valence-corrected chi connectivity index (χ1v) is 6.92. The first-order chi connectivity index (χ1) is 9.04. The van der Waals surface area contributed by atoms with Gasteiger partial charge in [-0.15, -0.1) is 0 Å². The van der Waals surface area contributed by atoms with E-state index < -0.39 is 0 Å². The maximum absolute atomic E-state index is 12.2. The van der Waals surface area contributed by atoms with Crippen molar-refractivity contribution in [3.63, 3.8) is 0 Å². The zero-order valence-electron chi connectivity index (χ0n) is 11.5. The van der Waals surface area contributed by atoms with Crippen molar-refractivity contribution in [1.82, 2.24) is 10.2 Å². The molecule has 1 aliphatic heterocycles. The predicted molar refractivity (Wildman–Crippen MR) is 74.4 cm³/mol. The van der Waals surface area contributed by atoms with Gasteiger partial charge in [-0.2, -0.15) is 0 Å². The van der Waals surface area contributed by atoms with Gasteiger partial charge in [0.15, 0.2) is 0 Å². The average Bonchev–Trinajstić information content (AvgIpc) is 2.84. The Balaban J connectivity index is 1.82. The molecule has 0 saturated carbocycles. The smallest absolute Gasteiger partial charge is 0.245 e. The Morgan fingerprint density at radius 3 is 2.42 bits per heavy atom. The second-order valence-corrected chi connectivity index (χ2v) is 5.73. The summed E-state index contributed by atoms with van der Waals surface area (Å²) in [5, 5.41) is 3.16. The van der Waals surface area contributed by atoms with Crippen molar-refractivity contribution in [2.45, 2.75) is 38.1 Å². The van der Waals surface area contributed by atoms with Gasteiger partial charge in [-0.05, 0) is 38.7 Å². The third kappa shape index (κ3) is 3.25. The van der Waals surface area contributed by atoms with Crippen LogP contribution < -0.4 is 5.32 Å². The standard InChI is InChI=1S/C15H22N2O2/c1-3-13(18)17-10-6-12(7-11-17)14(19)16-15(2)8-4-5-9-15/h3-5,12H,1,6-11H2,2H3,(H,16,19). The Kier molecular flexibility index (Phi) is 4.08. The van der Waals surface area contributed by atoms with Gasteiger partial charge in [0.1, 0.15) is 0 Å². The van der Waals surface area contributed by atoms with Crippen LogP contribution in [0.1, 0.15) is 32.6 Å².